The number of nitrogens with zero attached hydrogens (tertiary/aromatic N) is 4. The molecule has 1 aromatic heterocycles. The molecule has 33 heavy (non-hydrogen) atoms. The molecule has 0 unspecified atom stereocenters. The van der Waals surface area contributed by atoms with Crippen LogP contribution in [0.15, 0.2) is 36.7 Å². The van der Waals surface area contributed by atoms with E-state index in [-0.39, 0.29) is 31.4 Å². The molecule has 8 nitrogen and oxygen atoms in total. The first-order valence-corrected chi connectivity index (χ1v) is 11.9. The molecule has 9 heteroatoms. The summed E-state index contributed by atoms with van der Waals surface area (Å²) >= 11 is 6.14. The largest absolute Gasteiger partial charge is 0.490 e. The second kappa shape index (κ2) is 10.6. The summed E-state index contributed by atoms with van der Waals surface area (Å²) in [5.74, 6) is 0.649. The van der Waals surface area contributed by atoms with Gasteiger partial charge in [-0.2, -0.15) is 5.10 Å². The number of ether oxygens (including phenoxy) is 2. The van der Waals surface area contributed by atoms with Gasteiger partial charge in [-0.05, 0) is 56.0 Å². The van der Waals surface area contributed by atoms with Crippen molar-refractivity contribution in [3.8, 4) is 5.75 Å². The van der Waals surface area contributed by atoms with E-state index < -0.39 is 5.60 Å². The summed E-state index contributed by atoms with van der Waals surface area (Å²) in [7, 11) is 0. The van der Waals surface area contributed by atoms with Crippen molar-refractivity contribution in [2.45, 2.75) is 44.8 Å². The van der Waals surface area contributed by atoms with Gasteiger partial charge >= 0.3 is 0 Å². The van der Waals surface area contributed by atoms with Crippen molar-refractivity contribution in [3.63, 3.8) is 0 Å². The maximum absolute atomic E-state index is 13.2. The number of amides is 2. The molecule has 0 N–H and O–H groups in total. The lowest BCUT2D eigenvalue weighted by atomic mass is 9.96. The maximum atomic E-state index is 13.2. The Morgan fingerprint density at radius 2 is 1.97 bits per heavy atom. The average molecular weight is 475 g/mol. The van der Waals surface area contributed by atoms with Gasteiger partial charge in [0.05, 0.1) is 19.6 Å². The van der Waals surface area contributed by atoms with Gasteiger partial charge in [0.15, 0.2) is 0 Å². The molecule has 2 aliphatic rings. The standard InChI is InChI=1S/C24H31ClN4O4/c1-19-14-20(6-7-21(19)25)32-18-24(15-22(30)27-9-3-2-4-10-27)17-28(12-13-33-24)23(31)16-29-11-5-8-26-29/h5-8,11,14H,2-4,9-10,12-13,15-18H2,1H3/t24-/m0/s1. The molecule has 0 saturated carbocycles. The molecule has 2 fully saturated rings. The number of likely N-dealkylation sites (tertiary alicyclic amines) is 1. The monoisotopic (exact) mass is 474 g/mol. The average Bonchev–Trinajstić information content (AvgIpc) is 3.34. The zero-order valence-corrected chi connectivity index (χ0v) is 19.8. The number of aromatic nitrogens is 2. The number of halogens is 1. The van der Waals surface area contributed by atoms with Crippen molar-refractivity contribution in [1.29, 1.82) is 0 Å². The van der Waals surface area contributed by atoms with E-state index >= 15 is 0 Å². The molecule has 0 spiro atoms. The Morgan fingerprint density at radius 1 is 1.15 bits per heavy atom. The van der Waals surface area contributed by atoms with Crippen molar-refractivity contribution in [3.05, 3.63) is 47.2 Å². The fourth-order valence-electron chi connectivity index (χ4n) is 4.39. The van der Waals surface area contributed by atoms with Crippen LogP contribution in [0.4, 0.5) is 0 Å². The van der Waals surface area contributed by atoms with Crippen LogP contribution in [0.5, 0.6) is 5.75 Å². The van der Waals surface area contributed by atoms with Gasteiger partial charge in [-0.15, -0.1) is 0 Å². The van der Waals surface area contributed by atoms with Crippen molar-refractivity contribution < 1.29 is 19.1 Å². The van der Waals surface area contributed by atoms with E-state index in [1.54, 1.807) is 40.2 Å². The minimum atomic E-state index is -0.917. The van der Waals surface area contributed by atoms with E-state index in [0.29, 0.717) is 30.5 Å². The van der Waals surface area contributed by atoms with Crippen LogP contribution in [0.25, 0.3) is 0 Å². The summed E-state index contributed by atoms with van der Waals surface area (Å²) in [5, 5.41) is 4.80. The molecule has 0 bridgehead atoms. The molecule has 2 aliphatic heterocycles. The lowest BCUT2D eigenvalue weighted by molar-refractivity contribution is -0.166. The van der Waals surface area contributed by atoms with E-state index in [2.05, 4.69) is 5.10 Å². The quantitative estimate of drug-likeness (QED) is 0.616. The Morgan fingerprint density at radius 3 is 2.70 bits per heavy atom. The Balaban J connectivity index is 1.49. The van der Waals surface area contributed by atoms with Crippen LogP contribution in [0, 0.1) is 6.92 Å². The van der Waals surface area contributed by atoms with Gasteiger partial charge in [-0.25, -0.2) is 0 Å². The zero-order chi connectivity index (χ0) is 23.3. The van der Waals surface area contributed by atoms with Crippen LogP contribution in [0.3, 0.4) is 0 Å². The van der Waals surface area contributed by atoms with Gasteiger partial charge in [0.2, 0.25) is 11.8 Å². The van der Waals surface area contributed by atoms with E-state index in [9.17, 15) is 9.59 Å². The number of piperidine rings is 1. The number of benzene rings is 1. The molecule has 2 aromatic rings. The van der Waals surface area contributed by atoms with Crippen molar-refractivity contribution in [1.82, 2.24) is 19.6 Å². The lowest BCUT2D eigenvalue weighted by Crippen LogP contribution is -2.59. The van der Waals surface area contributed by atoms with Crippen LogP contribution in [0.1, 0.15) is 31.2 Å². The zero-order valence-electron chi connectivity index (χ0n) is 19.0. The molecule has 0 radical (unpaired) electrons. The number of aryl methyl sites for hydroxylation is 1. The van der Waals surface area contributed by atoms with Crippen LogP contribution in [0.2, 0.25) is 5.02 Å². The Bertz CT molecular complexity index is 961. The highest BCUT2D eigenvalue weighted by Crippen LogP contribution is 2.28. The fraction of sp³-hybridized carbons (Fsp3) is 0.542. The summed E-state index contributed by atoms with van der Waals surface area (Å²) in [4.78, 5) is 29.8. The predicted molar refractivity (Wildman–Crippen MR) is 124 cm³/mol. The molecule has 3 heterocycles. The highest BCUT2D eigenvalue weighted by atomic mass is 35.5. The lowest BCUT2D eigenvalue weighted by Gasteiger charge is -2.43. The summed E-state index contributed by atoms with van der Waals surface area (Å²) in [6, 6.07) is 7.25. The Labute approximate surface area is 199 Å². The fourth-order valence-corrected chi connectivity index (χ4v) is 4.51. The van der Waals surface area contributed by atoms with E-state index in [1.165, 1.54) is 0 Å². The van der Waals surface area contributed by atoms with Crippen molar-refractivity contribution >= 4 is 23.4 Å². The molecular weight excluding hydrogens is 444 g/mol. The first-order valence-electron chi connectivity index (χ1n) is 11.5. The SMILES string of the molecule is Cc1cc(OC[C@]2(CC(=O)N3CCCCC3)CN(C(=O)Cn3cccn3)CCO2)ccc1Cl. The Hall–Kier alpha value is -2.58. The molecule has 1 atom stereocenters. The third-order valence-corrected chi connectivity index (χ3v) is 6.70. The first-order chi connectivity index (χ1) is 15.9. The topological polar surface area (TPSA) is 76.9 Å². The van der Waals surface area contributed by atoms with E-state index in [1.807, 2.05) is 17.9 Å². The number of carbonyl (C=O) groups is 2. The van der Waals surface area contributed by atoms with Crippen LogP contribution >= 0.6 is 11.6 Å². The summed E-state index contributed by atoms with van der Waals surface area (Å²) < 4.78 is 13.9. The second-order valence-electron chi connectivity index (χ2n) is 8.87. The predicted octanol–water partition coefficient (Wildman–Crippen LogP) is 2.92. The third kappa shape index (κ3) is 6.06. The highest BCUT2D eigenvalue weighted by molar-refractivity contribution is 6.31. The molecule has 178 valence electrons. The summed E-state index contributed by atoms with van der Waals surface area (Å²) in [5.41, 5.74) is -0.00620. The number of hydrogen-bond acceptors (Lipinski definition) is 5. The number of hydrogen-bond donors (Lipinski definition) is 0. The van der Waals surface area contributed by atoms with Gasteiger partial charge in [0.1, 0.15) is 24.5 Å². The number of carbonyl (C=O) groups excluding carboxylic acids is 2. The minimum Gasteiger partial charge on any atom is -0.490 e. The summed E-state index contributed by atoms with van der Waals surface area (Å²) in [6.45, 7) is 4.89. The van der Waals surface area contributed by atoms with Crippen LogP contribution in [-0.4, -0.2) is 76.4 Å². The first kappa shape index (κ1) is 23.6. The van der Waals surface area contributed by atoms with E-state index in [0.717, 1.165) is 37.9 Å². The van der Waals surface area contributed by atoms with Gasteiger partial charge in [0.25, 0.3) is 0 Å². The third-order valence-electron chi connectivity index (χ3n) is 6.27. The minimum absolute atomic E-state index is 0.0481. The molecule has 4 rings (SSSR count). The number of rotatable bonds is 7. The van der Waals surface area contributed by atoms with Crippen LogP contribution in [-0.2, 0) is 20.9 Å². The molecule has 1 aromatic carbocycles. The van der Waals surface area contributed by atoms with Gasteiger partial charge < -0.3 is 19.3 Å². The summed E-state index contributed by atoms with van der Waals surface area (Å²) in [6.07, 6.45) is 6.78. The van der Waals surface area contributed by atoms with Gasteiger partial charge in [0, 0.05) is 37.1 Å². The second-order valence-corrected chi connectivity index (χ2v) is 9.28. The van der Waals surface area contributed by atoms with Crippen molar-refractivity contribution in [2.75, 3.05) is 39.4 Å². The normalized spacial score (nSPS) is 21.2. The van der Waals surface area contributed by atoms with Gasteiger partial charge in [-0.1, -0.05) is 11.6 Å². The molecule has 2 amide bonds. The highest BCUT2D eigenvalue weighted by Gasteiger charge is 2.42. The van der Waals surface area contributed by atoms with Crippen molar-refractivity contribution in [2.24, 2.45) is 0 Å². The molecule has 0 aliphatic carbocycles. The van der Waals surface area contributed by atoms with E-state index in [4.69, 9.17) is 21.1 Å². The maximum Gasteiger partial charge on any atom is 0.244 e. The molecular formula is C24H31ClN4O4. The Kier molecular flexibility index (Phi) is 7.55. The number of morpholine rings is 1. The van der Waals surface area contributed by atoms with Crippen LogP contribution < -0.4 is 4.74 Å². The smallest absolute Gasteiger partial charge is 0.244 e. The van der Waals surface area contributed by atoms with Gasteiger partial charge in [-0.3, -0.25) is 14.3 Å². The molecule has 2 saturated heterocycles.